The molecular formula is C78H152O17P2. The average Bonchev–Trinajstić information content (AvgIpc) is 1.17. The van der Waals surface area contributed by atoms with Gasteiger partial charge in [0.25, 0.3) is 0 Å². The van der Waals surface area contributed by atoms with Crippen molar-refractivity contribution in [3.8, 4) is 0 Å². The zero-order valence-corrected chi connectivity index (χ0v) is 65.5. The van der Waals surface area contributed by atoms with Crippen molar-refractivity contribution < 1.29 is 80.2 Å². The Morgan fingerprint density at radius 2 is 0.495 bits per heavy atom. The van der Waals surface area contributed by atoms with E-state index in [2.05, 4.69) is 55.4 Å². The summed E-state index contributed by atoms with van der Waals surface area (Å²) in [6.07, 6.45) is 52.6. The molecule has 0 bridgehead atoms. The Labute approximate surface area is 594 Å². The molecule has 0 radical (unpaired) electrons. The van der Waals surface area contributed by atoms with E-state index in [1.165, 1.54) is 193 Å². The molecule has 0 aromatic carbocycles. The molecule has 3 N–H and O–H groups in total. The van der Waals surface area contributed by atoms with Crippen LogP contribution in [0.1, 0.15) is 396 Å². The summed E-state index contributed by atoms with van der Waals surface area (Å²) in [5, 5.41) is 10.6. The van der Waals surface area contributed by atoms with Gasteiger partial charge in [-0.05, 0) is 49.4 Å². The van der Waals surface area contributed by atoms with Gasteiger partial charge in [-0.25, -0.2) is 9.13 Å². The molecule has 7 atom stereocenters. The van der Waals surface area contributed by atoms with E-state index in [-0.39, 0.29) is 25.7 Å². The number of aliphatic hydroxyl groups is 1. The van der Waals surface area contributed by atoms with Crippen LogP contribution in [0, 0.1) is 23.7 Å². The maximum atomic E-state index is 13.1. The van der Waals surface area contributed by atoms with Gasteiger partial charge in [-0.1, -0.05) is 344 Å². The maximum absolute atomic E-state index is 13.1. The third-order valence-electron chi connectivity index (χ3n) is 18.8. The molecule has 0 rings (SSSR count). The molecule has 97 heavy (non-hydrogen) atoms. The van der Waals surface area contributed by atoms with E-state index in [1.807, 2.05) is 0 Å². The highest BCUT2D eigenvalue weighted by atomic mass is 31.2. The van der Waals surface area contributed by atoms with E-state index >= 15 is 0 Å². The Morgan fingerprint density at radius 3 is 0.732 bits per heavy atom. The molecule has 17 nitrogen and oxygen atoms in total. The van der Waals surface area contributed by atoms with Crippen LogP contribution >= 0.6 is 15.6 Å². The van der Waals surface area contributed by atoms with E-state index in [0.29, 0.717) is 25.7 Å². The van der Waals surface area contributed by atoms with E-state index in [0.717, 1.165) is 120 Å². The van der Waals surface area contributed by atoms with Crippen molar-refractivity contribution in [1.29, 1.82) is 0 Å². The van der Waals surface area contributed by atoms with E-state index in [4.69, 9.17) is 37.0 Å². The second-order valence-electron chi connectivity index (χ2n) is 29.5. The molecule has 0 aliphatic rings. The van der Waals surface area contributed by atoms with Gasteiger partial charge in [0, 0.05) is 25.7 Å². The molecule has 0 saturated heterocycles. The molecular weight excluding hydrogens is 1270 g/mol. The number of hydrogen-bond acceptors (Lipinski definition) is 15. The van der Waals surface area contributed by atoms with Gasteiger partial charge in [0.15, 0.2) is 12.2 Å². The summed E-state index contributed by atoms with van der Waals surface area (Å²) in [5.74, 6) is 1.01. The Hall–Kier alpha value is -1.94. The first-order valence-corrected chi connectivity index (χ1v) is 43.3. The summed E-state index contributed by atoms with van der Waals surface area (Å²) in [5.41, 5.74) is 0. The van der Waals surface area contributed by atoms with Crippen LogP contribution in [0.5, 0.6) is 0 Å². The zero-order valence-electron chi connectivity index (χ0n) is 63.7. The highest BCUT2D eigenvalue weighted by Gasteiger charge is 2.30. The van der Waals surface area contributed by atoms with Gasteiger partial charge in [0.05, 0.1) is 26.4 Å². The van der Waals surface area contributed by atoms with Crippen molar-refractivity contribution in [1.82, 2.24) is 0 Å². The molecule has 0 saturated carbocycles. The Bertz CT molecular complexity index is 1910. The first kappa shape index (κ1) is 95.1. The molecule has 0 amide bonds. The number of rotatable bonds is 75. The minimum absolute atomic E-state index is 0.106. The average molecular weight is 1420 g/mol. The molecule has 0 aromatic heterocycles. The van der Waals surface area contributed by atoms with Crippen molar-refractivity contribution in [3.05, 3.63) is 0 Å². The molecule has 576 valence electrons. The lowest BCUT2D eigenvalue weighted by Crippen LogP contribution is -2.30. The first-order chi connectivity index (χ1) is 46.7. The van der Waals surface area contributed by atoms with E-state index in [9.17, 15) is 43.2 Å². The van der Waals surface area contributed by atoms with Crippen LogP contribution in [0.4, 0.5) is 0 Å². The molecule has 0 aromatic rings. The second-order valence-corrected chi connectivity index (χ2v) is 32.4. The fraction of sp³-hybridized carbons (Fsp3) is 0.949. The van der Waals surface area contributed by atoms with E-state index < -0.39 is 97.5 Å². The van der Waals surface area contributed by atoms with Crippen molar-refractivity contribution in [2.75, 3.05) is 39.6 Å². The molecule has 0 spiro atoms. The predicted molar refractivity (Wildman–Crippen MR) is 395 cm³/mol. The zero-order chi connectivity index (χ0) is 71.7. The van der Waals surface area contributed by atoms with Crippen LogP contribution in [-0.2, 0) is 65.4 Å². The third-order valence-corrected chi connectivity index (χ3v) is 20.7. The van der Waals surface area contributed by atoms with Gasteiger partial charge >= 0.3 is 39.5 Å². The lowest BCUT2D eigenvalue weighted by atomic mass is 9.99. The second kappa shape index (κ2) is 67.2. The first-order valence-electron chi connectivity index (χ1n) is 40.3. The number of unbranched alkanes of at least 4 members (excludes halogenated alkanes) is 39. The lowest BCUT2D eigenvalue weighted by molar-refractivity contribution is -0.161. The number of ether oxygens (including phenoxy) is 4. The highest BCUT2D eigenvalue weighted by Crippen LogP contribution is 2.45. The van der Waals surface area contributed by atoms with Crippen LogP contribution < -0.4 is 0 Å². The van der Waals surface area contributed by atoms with Crippen molar-refractivity contribution in [2.24, 2.45) is 23.7 Å². The molecule has 0 fully saturated rings. The normalized spacial score (nSPS) is 14.6. The van der Waals surface area contributed by atoms with Gasteiger partial charge in [-0.2, -0.15) is 0 Å². The molecule has 0 heterocycles. The summed E-state index contributed by atoms with van der Waals surface area (Å²) < 4.78 is 68.6. The maximum Gasteiger partial charge on any atom is 0.472 e. The summed E-state index contributed by atoms with van der Waals surface area (Å²) in [7, 11) is -9.92. The Kier molecular flexibility index (Phi) is 65.9. The fourth-order valence-electron chi connectivity index (χ4n) is 11.8. The Balaban J connectivity index is 5.26. The minimum atomic E-state index is -4.96. The van der Waals surface area contributed by atoms with Gasteiger partial charge in [-0.15, -0.1) is 0 Å². The van der Waals surface area contributed by atoms with Crippen LogP contribution in [0.15, 0.2) is 0 Å². The summed E-state index contributed by atoms with van der Waals surface area (Å²) in [4.78, 5) is 72.9. The molecule has 0 aliphatic heterocycles. The summed E-state index contributed by atoms with van der Waals surface area (Å²) in [6, 6.07) is 0. The number of phosphoric acid groups is 2. The standard InChI is InChI=1S/C78H152O17P2/c1-9-70(7)56-48-40-32-26-20-13-11-12-14-21-28-34-44-52-60-77(82)94-73(64-88-75(80)58-50-42-33-27-23-17-19-25-31-39-47-55-69(5)6)66-92-96(84,85)90-62-72(79)63-91-97(86,87)93-67-74(65-89-76(81)59-51-43-37-36-41-49-57-71(8)10-2)95-78(83)61-53-45-35-29-22-16-15-18-24-30-38-46-54-68(3)4/h68-74,79H,9-67H2,1-8H3,(H,84,85)(H,86,87)/t70?,71?,72-,73-,74-/m1/s1. The van der Waals surface area contributed by atoms with Crippen molar-refractivity contribution in [2.45, 2.75) is 414 Å². The van der Waals surface area contributed by atoms with Crippen molar-refractivity contribution >= 4 is 39.5 Å². The Morgan fingerprint density at radius 1 is 0.289 bits per heavy atom. The topological polar surface area (TPSA) is 237 Å². The highest BCUT2D eigenvalue weighted by molar-refractivity contribution is 7.47. The third kappa shape index (κ3) is 69.5. The van der Waals surface area contributed by atoms with Crippen LogP contribution in [0.3, 0.4) is 0 Å². The monoisotopic (exact) mass is 1420 g/mol. The number of aliphatic hydroxyl groups excluding tert-OH is 1. The van der Waals surface area contributed by atoms with Gasteiger partial charge in [-0.3, -0.25) is 37.3 Å². The number of carbonyl (C=O) groups excluding carboxylic acids is 4. The summed E-state index contributed by atoms with van der Waals surface area (Å²) in [6.45, 7) is 14.2. The molecule has 0 aliphatic carbocycles. The van der Waals surface area contributed by atoms with E-state index in [1.54, 1.807) is 0 Å². The van der Waals surface area contributed by atoms with Gasteiger partial charge in [0.2, 0.25) is 0 Å². The number of carbonyl (C=O) groups is 4. The van der Waals surface area contributed by atoms with Crippen molar-refractivity contribution in [3.63, 3.8) is 0 Å². The predicted octanol–water partition coefficient (Wildman–Crippen LogP) is 22.8. The van der Waals surface area contributed by atoms with Gasteiger partial charge in [0.1, 0.15) is 19.3 Å². The van der Waals surface area contributed by atoms with Gasteiger partial charge < -0.3 is 33.8 Å². The SMILES string of the molecule is CCC(C)CCCCCCCCCCCCCCCCC(=O)O[C@H](COC(=O)CCCCCCCCCCCCCC(C)C)COP(=O)(O)OC[C@@H](O)COP(=O)(O)OC[C@@H](COC(=O)CCCCCCCCC(C)CC)OC(=O)CCCCCCCCCCCCCCC(C)C. The number of hydrogen-bond donors (Lipinski definition) is 3. The molecule has 19 heteroatoms. The quantitative estimate of drug-likeness (QED) is 0.0222. The van der Waals surface area contributed by atoms with Crippen LogP contribution in [0.2, 0.25) is 0 Å². The lowest BCUT2D eigenvalue weighted by Gasteiger charge is -2.21. The minimum Gasteiger partial charge on any atom is -0.462 e. The number of esters is 4. The fourth-order valence-corrected chi connectivity index (χ4v) is 13.4. The molecule has 4 unspecified atom stereocenters. The smallest absolute Gasteiger partial charge is 0.462 e. The largest absolute Gasteiger partial charge is 0.472 e. The van der Waals surface area contributed by atoms with Crippen LogP contribution in [0.25, 0.3) is 0 Å². The van der Waals surface area contributed by atoms with Crippen LogP contribution in [-0.4, -0.2) is 96.7 Å². The number of phosphoric ester groups is 2. The summed E-state index contributed by atoms with van der Waals surface area (Å²) >= 11 is 0.